The van der Waals surface area contributed by atoms with Gasteiger partial charge in [-0.25, -0.2) is 0 Å². The van der Waals surface area contributed by atoms with E-state index in [1.165, 1.54) is 0 Å². The second kappa shape index (κ2) is 9.47. The summed E-state index contributed by atoms with van der Waals surface area (Å²) in [5.74, 6) is 2.68. The molecule has 0 unspecified atom stereocenters. The maximum Gasteiger partial charge on any atom is 0.240 e. The lowest BCUT2D eigenvalue weighted by atomic mass is 9.74. The van der Waals surface area contributed by atoms with Gasteiger partial charge in [0.25, 0.3) is 0 Å². The number of methoxy groups -OCH3 is 1. The molecule has 2 aromatic carbocycles. The first kappa shape index (κ1) is 22.4. The number of aromatic nitrogens is 3. The number of hydrogen-bond donors (Lipinski definition) is 2. The summed E-state index contributed by atoms with van der Waals surface area (Å²) in [4.78, 5) is 13.0. The fourth-order valence-electron chi connectivity index (χ4n) is 4.45. The highest BCUT2D eigenvalue weighted by Crippen LogP contribution is 2.40. The Bertz CT molecular complexity index is 1230. The van der Waals surface area contributed by atoms with E-state index in [0.29, 0.717) is 30.4 Å². The Morgan fingerprint density at radius 3 is 2.71 bits per heavy atom. The number of hydrogen-bond acceptors (Lipinski definition) is 7. The van der Waals surface area contributed by atoms with E-state index in [4.69, 9.17) is 31.2 Å². The lowest BCUT2D eigenvalue weighted by Crippen LogP contribution is -2.45. The third-order valence-electron chi connectivity index (χ3n) is 6.47. The van der Waals surface area contributed by atoms with Crippen molar-refractivity contribution in [1.29, 1.82) is 0 Å². The first-order chi connectivity index (χ1) is 16.6. The van der Waals surface area contributed by atoms with Crippen LogP contribution in [0.3, 0.4) is 0 Å². The van der Waals surface area contributed by atoms with Gasteiger partial charge in [-0.2, -0.15) is 5.10 Å². The Morgan fingerprint density at radius 2 is 1.94 bits per heavy atom. The number of ether oxygens (including phenoxy) is 4. The normalized spacial score (nSPS) is 16.3. The Kier molecular flexibility index (Phi) is 6.25. The van der Waals surface area contributed by atoms with Crippen LogP contribution in [0.1, 0.15) is 18.4 Å². The second-order valence-electron chi connectivity index (χ2n) is 8.40. The molecule has 1 fully saturated rings. The molecule has 3 heterocycles. The van der Waals surface area contributed by atoms with E-state index in [1.54, 1.807) is 11.7 Å². The summed E-state index contributed by atoms with van der Waals surface area (Å²) in [6, 6.07) is 13.5. The molecule has 0 atom stereocenters. The monoisotopic (exact) mass is 482 g/mol. The van der Waals surface area contributed by atoms with Gasteiger partial charge in [-0.3, -0.25) is 14.5 Å². The fraction of sp³-hybridized carbons (Fsp3) is 0.375. The highest BCUT2D eigenvalue weighted by molar-refractivity contribution is 7.71. The van der Waals surface area contributed by atoms with Crippen molar-refractivity contribution in [3.63, 3.8) is 0 Å². The quantitative estimate of drug-likeness (QED) is 0.499. The molecular weight excluding hydrogens is 456 g/mol. The van der Waals surface area contributed by atoms with Crippen LogP contribution < -0.4 is 19.5 Å². The number of aromatic amines is 1. The van der Waals surface area contributed by atoms with Gasteiger partial charge in [0.2, 0.25) is 12.7 Å². The van der Waals surface area contributed by atoms with Crippen molar-refractivity contribution in [2.75, 3.05) is 33.7 Å². The minimum absolute atomic E-state index is 0.0599. The van der Waals surface area contributed by atoms with Crippen molar-refractivity contribution in [3.8, 4) is 28.6 Å². The Hall–Kier alpha value is -3.37. The molecule has 0 spiro atoms. The predicted octanol–water partition coefficient (Wildman–Crippen LogP) is 3.21. The summed E-state index contributed by atoms with van der Waals surface area (Å²) in [6.07, 6.45) is 1.60. The van der Waals surface area contributed by atoms with Gasteiger partial charge < -0.3 is 24.3 Å². The molecule has 34 heavy (non-hydrogen) atoms. The molecule has 0 saturated carbocycles. The molecule has 2 N–H and O–H groups in total. The molecule has 3 aromatic rings. The number of carbonyl (C=O) groups is 1. The highest BCUT2D eigenvalue weighted by atomic mass is 32.1. The minimum Gasteiger partial charge on any atom is -0.497 e. The largest absolute Gasteiger partial charge is 0.497 e. The molecule has 178 valence electrons. The first-order valence-electron chi connectivity index (χ1n) is 11.1. The summed E-state index contributed by atoms with van der Waals surface area (Å²) in [6.45, 7) is 2.05. The third-order valence-corrected chi connectivity index (χ3v) is 6.78. The van der Waals surface area contributed by atoms with Crippen LogP contribution >= 0.6 is 12.2 Å². The van der Waals surface area contributed by atoms with Crippen molar-refractivity contribution in [2.45, 2.75) is 24.8 Å². The number of nitrogens with zero attached hydrogens (tertiary/aromatic N) is 2. The molecule has 9 nitrogen and oxygen atoms in total. The molecule has 0 bridgehead atoms. The van der Waals surface area contributed by atoms with Gasteiger partial charge in [-0.05, 0) is 67.0 Å². The van der Waals surface area contributed by atoms with Gasteiger partial charge in [0.05, 0.1) is 7.11 Å². The van der Waals surface area contributed by atoms with Gasteiger partial charge in [0.15, 0.2) is 22.1 Å². The molecule has 2 aliphatic rings. The summed E-state index contributed by atoms with van der Waals surface area (Å²) < 4.78 is 24.0. The Morgan fingerprint density at radius 1 is 1.18 bits per heavy atom. The van der Waals surface area contributed by atoms with E-state index in [9.17, 15) is 4.79 Å². The van der Waals surface area contributed by atoms with Gasteiger partial charge >= 0.3 is 0 Å². The fourth-order valence-corrected chi connectivity index (χ4v) is 4.64. The van der Waals surface area contributed by atoms with Gasteiger partial charge in [0.1, 0.15) is 12.3 Å². The molecular formula is C24H26N4O5S. The van der Waals surface area contributed by atoms with Crippen LogP contribution in [-0.4, -0.2) is 54.3 Å². The molecule has 1 amide bonds. The van der Waals surface area contributed by atoms with Crippen LogP contribution in [0, 0.1) is 4.77 Å². The Labute approximate surface area is 202 Å². The predicted molar refractivity (Wildman–Crippen MR) is 127 cm³/mol. The highest BCUT2D eigenvalue weighted by Gasteiger charge is 2.36. The van der Waals surface area contributed by atoms with Crippen molar-refractivity contribution in [2.24, 2.45) is 0 Å². The van der Waals surface area contributed by atoms with Crippen LogP contribution in [-0.2, 0) is 21.5 Å². The third kappa shape index (κ3) is 4.38. The van der Waals surface area contributed by atoms with Crippen LogP contribution in [0.25, 0.3) is 11.4 Å². The number of carbonyl (C=O) groups excluding carboxylic acids is 1. The maximum absolute atomic E-state index is 13.0. The molecule has 1 saturated heterocycles. The van der Waals surface area contributed by atoms with E-state index in [2.05, 4.69) is 21.6 Å². The smallest absolute Gasteiger partial charge is 0.240 e. The number of benzene rings is 2. The summed E-state index contributed by atoms with van der Waals surface area (Å²) in [5, 5.41) is 10.2. The van der Waals surface area contributed by atoms with Crippen LogP contribution in [0.5, 0.6) is 17.2 Å². The van der Waals surface area contributed by atoms with E-state index in [1.807, 2.05) is 36.4 Å². The Balaban J connectivity index is 1.32. The maximum atomic E-state index is 13.0. The standard InChI is InChI=1S/C24H26N4O5S/c1-30-18-5-2-16(3-6-18)22-26-27-23(34)28(22)13-21(29)25-14-24(8-10-31-11-9-24)17-4-7-19-20(12-17)33-15-32-19/h2-7,12H,8-11,13-15H2,1H3,(H,25,29)(H,27,34). The summed E-state index contributed by atoms with van der Waals surface area (Å²) in [5.41, 5.74) is 1.70. The van der Waals surface area contributed by atoms with Crippen molar-refractivity contribution >= 4 is 18.1 Å². The van der Waals surface area contributed by atoms with Crippen molar-refractivity contribution in [1.82, 2.24) is 20.1 Å². The molecule has 0 aliphatic carbocycles. The average molecular weight is 483 g/mol. The van der Waals surface area contributed by atoms with Gasteiger partial charge in [-0.15, -0.1) is 0 Å². The molecule has 0 radical (unpaired) electrons. The number of H-pyrrole nitrogens is 1. The van der Waals surface area contributed by atoms with Crippen molar-refractivity contribution in [3.05, 3.63) is 52.8 Å². The zero-order chi connectivity index (χ0) is 23.5. The van der Waals surface area contributed by atoms with Crippen LogP contribution in [0.2, 0.25) is 0 Å². The number of fused-ring (bicyclic) bond motifs is 1. The SMILES string of the molecule is COc1ccc(-c2n[nH]c(=S)n2CC(=O)NCC2(c3ccc4c(c3)OCO4)CCOCC2)cc1. The topological polar surface area (TPSA) is 99.6 Å². The van der Waals surface area contributed by atoms with Crippen molar-refractivity contribution < 1.29 is 23.7 Å². The van der Waals surface area contributed by atoms with E-state index < -0.39 is 0 Å². The van der Waals surface area contributed by atoms with E-state index >= 15 is 0 Å². The molecule has 5 rings (SSSR count). The number of amides is 1. The zero-order valence-electron chi connectivity index (χ0n) is 18.8. The van der Waals surface area contributed by atoms with Crippen LogP contribution in [0.15, 0.2) is 42.5 Å². The lowest BCUT2D eigenvalue weighted by molar-refractivity contribution is -0.122. The van der Waals surface area contributed by atoms with E-state index in [0.717, 1.165) is 41.2 Å². The van der Waals surface area contributed by atoms with Crippen LogP contribution in [0.4, 0.5) is 0 Å². The first-order valence-corrected chi connectivity index (χ1v) is 11.5. The molecule has 2 aliphatic heterocycles. The second-order valence-corrected chi connectivity index (χ2v) is 8.79. The van der Waals surface area contributed by atoms with E-state index in [-0.39, 0.29) is 24.7 Å². The minimum atomic E-state index is -0.244. The summed E-state index contributed by atoms with van der Waals surface area (Å²) >= 11 is 5.39. The van der Waals surface area contributed by atoms with Gasteiger partial charge in [-0.1, -0.05) is 6.07 Å². The summed E-state index contributed by atoms with van der Waals surface area (Å²) in [7, 11) is 1.62. The number of rotatable bonds is 7. The molecule has 10 heteroatoms. The zero-order valence-corrected chi connectivity index (χ0v) is 19.7. The molecule has 1 aromatic heterocycles. The lowest BCUT2D eigenvalue weighted by Gasteiger charge is -2.38. The average Bonchev–Trinajstić information content (AvgIpc) is 3.49. The van der Waals surface area contributed by atoms with Gasteiger partial charge in [0, 0.05) is 30.7 Å². The number of nitrogens with one attached hydrogen (secondary N) is 2.